The average Bonchev–Trinajstić information content (AvgIpc) is 3.03. The summed E-state index contributed by atoms with van der Waals surface area (Å²) < 4.78 is 5.12. The van der Waals surface area contributed by atoms with Crippen LogP contribution in [0, 0.1) is 6.92 Å². The molecule has 0 radical (unpaired) electrons. The molecule has 4 N–H and O–H groups in total. The molecule has 2 aromatic carbocycles. The first kappa shape index (κ1) is 22.5. The highest BCUT2D eigenvalue weighted by molar-refractivity contribution is 7.80. The summed E-state index contributed by atoms with van der Waals surface area (Å²) in [5.41, 5.74) is 8.78. The number of carbonyl (C=O) groups excluding carboxylic acids is 2. The highest BCUT2D eigenvalue weighted by atomic mass is 32.1. The van der Waals surface area contributed by atoms with Crippen LogP contribution in [0.4, 0.5) is 5.00 Å². The zero-order chi connectivity index (χ0) is 22.4. The number of primary amides is 1. The molecule has 0 spiro atoms. The van der Waals surface area contributed by atoms with Crippen LogP contribution in [0.25, 0.3) is 0 Å². The van der Waals surface area contributed by atoms with Crippen molar-refractivity contribution in [1.29, 1.82) is 0 Å². The molecule has 160 valence electrons. The number of hydrogen-bond donors (Lipinski definition) is 3. The van der Waals surface area contributed by atoms with Crippen molar-refractivity contribution in [3.05, 3.63) is 81.7 Å². The van der Waals surface area contributed by atoms with E-state index in [2.05, 4.69) is 10.6 Å². The maximum Gasteiger partial charge on any atom is 0.251 e. The van der Waals surface area contributed by atoms with E-state index in [0.717, 1.165) is 27.3 Å². The summed E-state index contributed by atoms with van der Waals surface area (Å²) >= 11 is 6.70. The minimum atomic E-state index is -0.539. The molecule has 0 aliphatic carbocycles. The Bertz CT molecular complexity index is 1090. The zero-order valence-electron chi connectivity index (χ0n) is 17.2. The number of thiocarbonyl (C=S) groups is 1. The predicted octanol–water partition coefficient (Wildman–Crippen LogP) is 3.81. The van der Waals surface area contributed by atoms with Crippen LogP contribution in [0.5, 0.6) is 5.75 Å². The first-order valence-electron chi connectivity index (χ1n) is 9.57. The standard InChI is InChI=1S/C23H23N3O3S2/c1-14-18(12-15-6-4-3-5-7-15)31-22(20(14)21(24)28)26-23(30)25-19(27)13-16-8-10-17(29-2)11-9-16/h3-11H,12-13H2,1-2H3,(H2,24,28)(H2,25,26,27,30). The predicted molar refractivity (Wildman–Crippen MR) is 128 cm³/mol. The van der Waals surface area contributed by atoms with E-state index >= 15 is 0 Å². The van der Waals surface area contributed by atoms with E-state index in [1.807, 2.05) is 49.4 Å². The van der Waals surface area contributed by atoms with Gasteiger partial charge in [-0.05, 0) is 48.0 Å². The Morgan fingerprint density at radius 1 is 1.06 bits per heavy atom. The van der Waals surface area contributed by atoms with Gasteiger partial charge in [0.05, 0.1) is 19.1 Å². The molecule has 2 amide bonds. The second-order valence-corrected chi connectivity index (χ2v) is 8.42. The quantitative estimate of drug-likeness (QED) is 0.473. The van der Waals surface area contributed by atoms with Crippen molar-refractivity contribution in [2.24, 2.45) is 5.73 Å². The maximum atomic E-state index is 12.3. The lowest BCUT2D eigenvalue weighted by Gasteiger charge is -2.09. The molecule has 1 aromatic heterocycles. The highest BCUT2D eigenvalue weighted by Gasteiger charge is 2.20. The van der Waals surface area contributed by atoms with E-state index < -0.39 is 5.91 Å². The van der Waals surface area contributed by atoms with Gasteiger partial charge in [0.25, 0.3) is 5.91 Å². The molecule has 0 fully saturated rings. The van der Waals surface area contributed by atoms with Crippen molar-refractivity contribution in [1.82, 2.24) is 5.32 Å². The summed E-state index contributed by atoms with van der Waals surface area (Å²) in [4.78, 5) is 25.4. The van der Waals surface area contributed by atoms with E-state index in [4.69, 9.17) is 22.7 Å². The molecule has 0 atom stereocenters. The smallest absolute Gasteiger partial charge is 0.251 e. The number of benzene rings is 2. The second kappa shape index (κ2) is 10.2. The first-order valence-corrected chi connectivity index (χ1v) is 10.8. The van der Waals surface area contributed by atoms with Gasteiger partial charge in [0.2, 0.25) is 5.91 Å². The van der Waals surface area contributed by atoms with Crippen LogP contribution in [0.1, 0.15) is 31.9 Å². The van der Waals surface area contributed by atoms with Gasteiger partial charge in [-0.3, -0.25) is 9.59 Å². The van der Waals surface area contributed by atoms with Gasteiger partial charge in [-0.15, -0.1) is 11.3 Å². The molecule has 0 saturated carbocycles. The van der Waals surface area contributed by atoms with Gasteiger partial charge in [-0.1, -0.05) is 42.5 Å². The first-order chi connectivity index (χ1) is 14.9. The molecule has 8 heteroatoms. The van der Waals surface area contributed by atoms with Gasteiger partial charge < -0.3 is 21.1 Å². The Hall–Kier alpha value is -3.23. The number of nitrogens with two attached hydrogens (primary N) is 1. The topological polar surface area (TPSA) is 93.4 Å². The average molecular weight is 454 g/mol. The molecule has 3 aromatic rings. The number of amides is 2. The third-order valence-electron chi connectivity index (χ3n) is 4.70. The van der Waals surface area contributed by atoms with Gasteiger partial charge in [0, 0.05) is 11.3 Å². The molecule has 3 rings (SSSR count). The lowest BCUT2D eigenvalue weighted by atomic mass is 10.1. The molecular formula is C23H23N3O3S2. The lowest BCUT2D eigenvalue weighted by molar-refractivity contribution is -0.119. The SMILES string of the molecule is COc1ccc(CC(=O)NC(=S)Nc2sc(Cc3ccccc3)c(C)c2C(N)=O)cc1. The van der Waals surface area contributed by atoms with Crippen molar-refractivity contribution in [2.45, 2.75) is 19.8 Å². The largest absolute Gasteiger partial charge is 0.497 e. The number of nitrogens with one attached hydrogen (secondary N) is 2. The van der Waals surface area contributed by atoms with Gasteiger partial charge >= 0.3 is 0 Å². The Balaban J connectivity index is 1.68. The number of anilines is 1. The summed E-state index contributed by atoms with van der Waals surface area (Å²) in [6.07, 6.45) is 0.840. The monoisotopic (exact) mass is 453 g/mol. The van der Waals surface area contributed by atoms with Crippen molar-refractivity contribution in [3.63, 3.8) is 0 Å². The van der Waals surface area contributed by atoms with Crippen LogP contribution in [0.3, 0.4) is 0 Å². The Labute approximate surface area is 190 Å². The van der Waals surface area contributed by atoms with Gasteiger partial charge in [-0.25, -0.2) is 0 Å². The van der Waals surface area contributed by atoms with E-state index in [-0.39, 0.29) is 17.4 Å². The van der Waals surface area contributed by atoms with Gasteiger partial charge in [0.15, 0.2) is 5.11 Å². The fraction of sp³-hybridized carbons (Fsp3) is 0.174. The molecule has 0 unspecified atom stereocenters. The van der Waals surface area contributed by atoms with E-state index in [0.29, 0.717) is 17.0 Å². The van der Waals surface area contributed by atoms with Crippen molar-refractivity contribution in [3.8, 4) is 5.75 Å². The summed E-state index contributed by atoms with van der Waals surface area (Å²) in [6.45, 7) is 1.87. The van der Waals surface area contributed by atoms with Crippen molar-refractivity contribution < 1.29 is 14.3 Å². The van der Waals surface area contributed by atoms with Crippen LogP contribution in [-0.4, -0.2) is 24.0 Å². The Morgan fingerprint density at radius 3 is 2.35 bits per heavy atom. The summed E-state index contributed by atoms with van der Waals surface area (Å²) in [5, 5.41) is 6.28. The summed E-state index contributed by atoms with van der Waals surface area (Å²) in [6, 6.07) is 17.2. The van der Waals surface area contributed by atoms with E-state index in [9.17, 15) is 9.59 Å². The highest BCUT2D eigenvalue weighted by Crippen LogP contribution is 2.34. The van der Waals surface area contributed by atoms with Crippen LogP contribution in [0.15, 0.2) is 54.6 Å². The molecule has 0 aliphatic rings. The number of hydrogen-bond acceptors (Lipinski definition) is 5. The number of ether oxygens (including phenoxy) is 1. The molecule has 0 saturated heterocycles. The number of carbonyl (C=O) groups is 2. The normalized spacial score (nSPS) is 10.4. The number of methoxy groups -OCH3 is 1. The Morgan fingerprint density at radius 2 is 1.74 bits per heavy atom. The lowest BCUT2D eigenvalue weighted by Crippen LogP contribution is -2.35. The molecule has 6 nitrogen and oxygen atoms in total. The molecular weight excluding hydrogens is 430 g/mol. The summed E-state index contributed by atoms with van der Waals surface area (Å²) in [5.74, 6) is -0.0799. The number of rotatable bonds is 7. The van der Waals surface area contributed by atoms with Crippen LogP contribution >= 0.6 is 23.6 Å². The van der Waals surface area contributed by atoms with Crippen LogP contribution in [-0.2, 0) is 17.6 Å². The molecule has 1 heterocycles. The fourth-order valence-corrected chi connectivity index (χ4v) is 4.66. The van der Waals surface area contributed by atoms with Gasteiger partial charge in [0.1, 0.15) is 10.8 Å². The Kier molecular flexibility index (Phi) is 7.38. The van der Waals surface area contributed by atoms with E-state index in [1.165, 1.54) is 11.3 Å². The van der Waals surface area contributed by atoms with Crippen molar-refractivity contribution in [2.75, 3.05) is 12.4 Å². The van der Waals surface area contributed by atoms with Crippen molar-refractivity contribution >= 4 is 45.5 Å². The summed E-state index contributed by atoms with van der Waals surface area (Å²) in [7, 11) is 1.59. The fourth-order valence-electron chi connectivity index (χ4n) is 3.13. The van der Waals surface area contributed by atoms with Crippen LogP contribution < -0.4 is 21.1 Å². The minimum Gasteiger partial charge on any atom is -0.497 e. The zero-order valence-corrected chi connectivity index (χ0v) is 18.9. The third kappa shape index (κ3) is 5.90. The van der Waals surface area contributed by atoms with E-state index in [1.54, 1.807) is 19.2 Å². The van der Waals surface area contributed by atoms with Gasteiger partial charge in [-0.2, -0.15) is 0 Å². The van der Waals surface area contributed by atoms with Crippen LogP contribution in [0.2, 0.25) is 0 Å². The molecule has 0 aliphatic heterocycles. The minimum absolute atomic E-state index is 0.119. The second-order valence-electron chi connectivity index (χ2n) is 6.91. The molecule has 31 heavy (non-hydrogen) atoms. The third-order valence-corrected chi connectivity index (χ3v) is 6.11. The number of thiophene rings is 1. The maximum absolute atomic E-state index is 12.3. The molecule has 0 bridgehead atoms.